The van der Waals surface area contributed by atoms with Gasteiger partial charge in [0.1, 0.15) is 0 Å². The van der Waals surface area contributed by atoms with Crippen LogP contribution in [-0.2, 0) is 11.3 Å². The Hall–Kier alpha value is -1.13. The quantitative estimate of drug-likeness (QED) is 0.762. The molecule has 0 bridgehead atoms. The van der Waals surface area contributed by atoms with Gasteiger partial charge in [0.05, 0.1) is 19.3 Å². The van der Waals surface area contributed by atoms with Crippen LogP contribution in [0.4, 0.5) is 0 Å². The summed E-state index contributed by atoms with van der Waals surface area (Å²) in [5, 5.41) is 0. The zero-order valence-electron chi connectivity index (χ0n) is 11.5. The lowest BCUT2D eigenvalue weighted by atomic mass is 10.2. The van der Waals surface area contributed by atoms with E-state index in [0.717, 1.165) is 56.0 Å². The molecule has 1 saturated heterocycles. The van der Waals surface area contributed by atoms with Gasteiger partial charge in [-0.1, -0.05) is 6.92 Å². The van der Waals surface area contributed by atoms with Gasteiger partial charge in [-0.05, 0) is 26.5 Å². The van der Waals surface area contributed by atoms with E-state index in [1.54, 1.807) is 0 Å². The van der Waals surface area contributed by atoms with Gasteiger partial charge in [-0.15, -0.1) is 0 Å². The Kier molecular flexibility index (Phi) is 4.19. The highest BCUT2D eigenvalue weighted by atomic mass is 16.5. The fourth-order valence-electron chi connectivity index (χ4n) is 2.61. The van der Waals surface area contributed by atoms with Crippen molar-refractivity contribution in [3.8, 4) is 0 Å². The average molecular weight is 250 g/mol. The van der Waals surface area contributed by atoms with Gasteiger partial charge in [-0.3, -0.25) is 9.69 Å². The molecule has 1 aromatic rings. The summed E-state index contributed by atoms with van der Waals surface area (Å²) in [7, 11) is 0. The van der Waals surface area contributed by atoms with Crippen LogP contribution in [0.25, 0.3) is 0 Å². The van der Waals surface area contributed by atoms with Crippen molar-refractivity contribution in [1.82, 2.24) is 9.47 Å². The first kappa shape index (κ1) is 13.3. The number of aromatic nitrogens is 1. The molecule has 0 aliphatic carbocycles. The molecule has 1 fully saturated rings. The van der Waals surface area contributed by atoms with Gasteiger partial charge in [0.25, 0.3) is 0 Å². The molecular weight excluding hydrogens is 228 g/mol. The lowest BCUT2D eigenvalue weighted by Crippen LogP contribution is -2.44. The van der Waals surface area contributed by atoms with Crippen LogP contribution in [0.1, 0.15) is 28.7 Å². The Labute approximate surface area is 109 Å². The summed E-state index contributed by atoms with van der Waals surface area (Å²) in [6.07, 6.45) is 1.15. The van der Waals surface area contributed by atoms with Crippen molar-refractivity contribution >= 4 is 6.29 Å². The summed E-state index contributed by atoms with van der Waals surface area (Å²) in [5.41, 5.74) is 2.96. The van der Waals surface area contributed by atoms with Gasteiger partial charge < -0.3 is 9.30 Å². The second-order valence-corrected chi connectivity index (χ2v) is 4.94. The van der Waals surface area contributed by atoms with Crippen molar-refractivity contribution in [2.45, 2.75) is 33.4 Å². The average Bonchev–Trinajstić information content (AvgIpc) is 2.66. The first-order valence-corrected chi connectivity index (χ1v) is 6.61. The van der Waals surface area contributed by atoms with Crippen molar-refractivity contribution in [2.75, 3.05) is 26.2 Å². The fourth-order valence-corrected chi connectivity index (χ4v) is 2.61. The van der Waals surface area contributed by atoms with E-state index in [2.05, 4.69) is 16.4 Å². The lowest BCUT2D eigenvalue weighted by molar-refractivity contribution is -0.0346. The van der Waals surface area contributed by atoms with Gasteiger partial charge in [0.15, 0.2) is 6.29 Å². The Morgan fingerprint density at radius 2 is 2.28 bits per heavy atom. The maximum absolute atomic E-state index is 10.9. The van der Waals surface area contributed by atoms with Gasteiger partial charge in [0.2, 0.25) is 0 Å². The molecule has 1 aromatic heterocycles. The van der Waals surface area contributed by atoms with E-state index in [9.17, 15) is 4.79 Å². The van der Waals surface area contributed by atoms with Crippen molar-refractivity contribution in [3.63, 3.8) is 0 Å². The topological polar surface area (TPSA) is 34.5 Å². The van der Waals surface area contributed by atoms with E-state index < -0.39 is 0 Å². The fraction of sp³-hybridized carbons (Fsp3) is 0.643. The minimum atomic E-state index is 0.225. The van der Waals surface area contributed by atoms with E-state index in [0.29, 0.717) is 0 Å². The van der Waals surface area contributed by atoms with Crippen LogP contribution < -0.4 is 0 Å². The number of morpholine rings is 1. The van der Waals surface area contributed by atoms with E-state index >= 15 is 0 Å². The third-order valence-electron chi connectivity index (χ3n) is 3.80. The number of hydrogen-bond acceptors (Lipinski definition) is 3. The van der Waals surface area contributed by atoms with E-state index in [-0.39, 0.29) is 6.10 Å². The minimum absolute atomic E-state index is 0.225. The molecule has 4 nitrogen and oxygen atoms in total. The van der Waals surface area contributed by atoms with Crippen LogP contribution in [0.3, 0.4) is 0 Å². The molecule has 4 heteroatoms. The smallest absolute Gasteiger partial charge is 0.151 e. The summed E-state index contributed by atoms with van der Waals surface area (Å²) in [5.74, 6) is 0. The number of ether oxygens (including phenoxy) is 1. The Balaban J connectivity index is 2.09. The van der Waals surface area contributed by atoms with Crippen LogP contribution in [0.5, 0.6) is 0 Å². The molecule has 0 saturated carbocycles. The van der Waals surface area contributed by atoms with Gasteiger partial charge >= 0.3 is 0 Å². The van der Waals surface area contributed by atoms with Crippen LogP contribution in [0.15, 0.2) is 6.07 Å². The third-order valence-corrected chi connectivity index (χ3v) is 3.80. The number of likely N-dealkylation sites (N-methyl/N-ethyl adjacent to an activating group) is 1. The first-order chi connectivity index (χ1) is 8.65. The molecule has 100 valence electrons. The lowest BCUT2D eigenvalue weighted by Gasteiger charge is -2.32. The molecule has 1 aliphatic rings. The standard InChI is InChI=1S/C14H22N2O2/c1-4-15-5-6-18-14(8-15)9-16-11(2)7-13(10-17)12(16)3/h7,10,14H,4-6,8-9H2,1-3H3. The molecule has 0 radical (unpaired) electrons. The van der Waals surface area contributed by atoms with Crippen molar-refractivity contribution in [3.05, 3.63) is 23.0 Å². The molecular formula is C14H22N2O2. The predicted octanol–water partition coefficient (Wildman–Crippen LogP) is 1.64. The Morgan fingerprint density at radius 3 is 2.89 bits per heavy atom. The van der Waals surface area contributed by atoms with Crippen LogP contribution >= 0.6 is 0 Å². The van der Waals surface area contributed by atoms with E-state index in [1.165, 1.54) is 0 Å². The summed E-state index contributed by atoms with van der Waals surface area (Å²) in [4.78, 5) is 13.3. The first-order valence-electron chi connectivity index (χ1n) is 6.61. The molecule has 0 amide bonds. The van der Waals surface area contributed by atoms with E-state index in [1.807, 2.05) is 19.9 Å². The van der Waals surface area contributed by atoms with Gasteiger partial charge in [0, 0.05) is 30.0 Å². The van der Waals surface area contributed by atoms with Gasteiger partial charge in [-0.2, -0.15) is 0 Å². The number of aryl methyl sites for hydroxylation is 1. The second-order valence-electron chi connectivity index (χ2n) is 4.94. The summed E-state index contributed by atoms with van der Waals surface area (Å²) in [6.45, 7) is 10.9. The number of nitrogens with zero attached hydrogens (tertiary/aromatic N) is 2. The number of carbonyl (C=O) groups excluding carboxylic acids is 1. The maximum Gasteiger partial charge on any atom is 0.151 e. The third kappa shape index (κ3) is 2.65. The van der Waals surface area contributed by atoms with Crippen molar-refractivity contribution < 1.29 is 9.53 Å². The Morgan fingerprint density at radius 1 is 1.50 bits per heavy atom. The maximum atomic E-state index is 10.9. The molecule has 18 heavy (non-hydrogen) atoms. The highest BCUT2D eigenvalue weighted by Crippen LogP contribution is 2.16. The molecule has 1 atom stereocenters. The molecule has 0 spiro atoms. The van der Waals surface area contributed by atoms with E-state index in [4.69, 9.17) is 4.74 Å². The molecule has 0 N–H and O–H groups in total. The van der Waals surface area contributed by atoms with Crippen molar-refractivity contribution in [1.29, 1.82) is 0 Å². The molecule has 2 rings (SSSR count). The molecule has 2 heterocycles. The summed E-state index contributed by atoms with van der Waals surface area (Å²) >= 11 is 0. The normalized spacial score (nSPS) is 21.2. The highest BCUT2D eigenvalue weighted by molar-refractivity contribution is 5.77. The summed E-state index contributed by atoms with van der Waals surface area (Å²) in [6, 6.07) is 1.95. The zero-order chi connectivity index (χ0) is 13.1. The number of carbonyl (C=O) groups is 1. The molecule has 0 aromatic carbocycles. The van der Waals surface area contributed by atoms with Crippen LogP contribution in [0, 0.1) is 13.8 Å². The van der Waals surface area contributed by atoms with Crippen LogP contribution in [-0.4, -0.2) is 48.1 Å². The Bertz CT molecular complexity index is 426. The zero-order valence-corrected chi connectivity index (χ0v) is 11.5. The molecule has 1 aliphatic heterocycles. The van der Waals surface area contributed by atoms with Crippen molar-refractivity contribution in [2.24, 2.45) is 0 Å². The minimum Gasteiger partial charge on any atom is -0.374 e. The predicted molar refractivity (Wildman–Crippen MR) is 71.1 cm³/mol. The molecule has 1 unspecified atom stereocenters. The number of hydrogen-bond donors (Lipinski definition) is 0. The monoisotopic (exact) mass is 250 g/mol. The largest absolute Gasteiger partial charge is 0.374 e. The summed E-state index contributed by atoms with van der Waals surface area (Å²) < 4.78 is 8.00. The second kappa shape index (κ2) is 5.67. The van der Waals surface area contributed by atoms with Gasteiger partial charge in [-0.25, -0.2) is 0 Å². The highest BCUT2D eigenvalue weighted by Gasteiger charge is 2.21. The number of aldehydes is 1. The SMILES string of the molecule is CCN1CCOC(Cn2c(C)cc(C=O)c2C)C1. The van der Waals surface area contributed by atoms with Crippen LogP contribution in [0.2, 0.25) is 0 Å². The number of rotatable bonds is 4.